The van der Waals surface area contributed by atoms with E-state index in [0.717, 1.165) is 29.8 Å². The Balaban J connectivity index is 1.55. The Hall–Kier alpha value is -2.75. The van der Waals surface area contributed by atoms with Crippen LogP contribution in [0.2, 0.25) is 5.15 Å². The Kier molecular flexibility index (Phi) is 5.59. The van der Waals surface area contributed by atoms with E-state index in [9.17, 15) is 23.1 Å². The highest BCUT2D eigenvalue weighted by Gasteiger charge is 2.35. The topological polar surface area (TPSA) is 81.6 Å². The molecule has 1 amide bonds. The minimum absolute atomic E-state index is 0.00338. The molecule has 2 aromatic rings. The molecule has 1 aromatic heterocycles. The van der Waals surface area contributed by atoms with Crippen molar-refractivity contribution in [3.8, 4) is 0 Å². The summed E-state index contributed by atoms with van der Waals surface area (Å²) in [6, 6.07) is 5.68. The molecule has 1 saturated carbocycles. The van der Waals surface area contributed by atoms with Gasteiger partial charge in [-0.3, -0.25) is 0 Å². The molecule has 1 saturated heterocycles. The van der Waals surface area contributed by atoms with Gasteiger partial charge in [0.15, 0.2) is 0 Å². The molecule has 2 fully saturated rings. The Morgan fingerprint density at radius 2 is 2.03 bits per heavy atom. The van der Waals surface area contributed by atoms with Gasteiger partial charge >= 0.3 is 12.3 Å². The van der Waals surface area contributed by atoms with Crippen LogP contribution < -0.4 is 10.2 Å². The number of rotatable bonds is 4. The number of hydrogen-bond donors (Lipinski definition) is 2. The number of anilines is 3. The fourth-order valence-corrected chi connectivity index (χ4v) is 4.04. The Morgan fingerprint density at radius 3 is 2.61 bits per heavy atom. The second-order valence-electron chi connectivity index (χ2n) is 7.84. The zero-order valence-corrected chi connectivity index (χ0v) is 17.4. The molecule has 166 valence electrons. The van der Waals surface area contributed by atoms with Crippen molar-refractivity contribution in [2.24, 2.45) is 0 Å². The normalized spacial score (nSPS) is 19.5. The molecule has 1 aliphatic carbocycles. The number of amides is 1. The lowest BCUT2D eigenvalue weighted by molar-refractivity contribution is -0.137. The largest absolute Gasteiger partial charge is 0.465 e. The number of nitrogens with zero attached hydrogens (tertiary/aromatic N) is 4. The van der Waals surface area contributed by atoms with Gasteiger partial charge in [0.1, 0.15) is 10.7 Å². The number of hydrogen-bond acceptors (Lipinski definition) is 5. The van der Waals surface area contributed by atoms with Gasteiger partial charge in [0.25, 0.3) is 0 Å². The molecule has 2 aliphatic rings. The fourth-order valence-electron chi connectivity index (χ4n) is 3.80. The van der Waals surface area contributed by atoms with Gasteiger partial charge in [0.2, 0.25) is 5.95 Å². The molecule has 2 N–H and O–H groups in total. The first-order valence-corrected chi connectivity index (χ1v) is 10.3. The van der Waals surface area contributed by atoms with Crippen molar-refractivity contribution in [3.63, 3.8) is 0 Å². The van der Waals surface area contributed by atoms with E-state index in [-0.39, 0.29) is 12.0 Å². The second kappa shape index (κ2) is 8.07. The molecular weight excluding hydrogens is 435 g/mol. The summed E-state index contributed by atoms with van der Waals surface area (Å²) in [5.41, 5.74) is 1.66. The first-order valence-electron chi connectivity index (χ1n) is 9.88. The van der Waals surface area contributed by atoms with Crippen molar-refractivity contribution in [1.82, 2.24) is 14.9 Å². The summed E-state index contributed by atoms with van der Waals surface area (Å²) >= 11 is 5.71. The number of nitrogens with one attached hydrogen (secondary N) is 1. The molecule has 0 unspecified atom stereocenters. The number of alkyl halides is 3. The molecule has 0 bridgehead atoms. The third-order valence-electron chi connectivity index (χ3n) is 5.58. The zero-order chi connectivity index (χ0) is 22.3. The molecular formula is C20H21ClF3N5O2. The van der Waals surface area contributed by atoms with E-state index >= 15 is 0 Å². The number of halogens is 4. The van der Waals surface area contributed by atoms with E-state index in [1.807, 2.05) is 19.1 Å². The highest BCUT2D eigenvalue weighted by atomic mass is 35.5. The predicted molar refractivity (Wildman–Crippen MR) is 110 cm³/mol. The van der Waals surface area contributed by atoms with Crippen molar-refractivity contribution in [1.29, 1.82) is 0 Å². The lowest BCUT2D eigenvalue weighted by Crippen LogP contribution is -2.53. The number of benzene rings is 1. The average Bonchev–Trinajstić information content (AvgIpc) is 3.52. The zero-order valence-electron chi connectivity index (χ0n) is 16.7. The molecule has 0 spiro atoms. The maximum absolute atomic E-state index is 12.9. The van der Waals surface area contributed by atoms with Gasteiger partial charge in [-0.25, -0.2) is 14.8 Å². The summed E-state index contributed by atoms with van der Waals surface area (Å²) in [7, 11) is 0. The van der Waals surface area contributed by atoms with Crippen LogP contribution >= 0.6 is 11.6 Å². The van der Waals surface area contributed by atoms with E-state index in [1.165, 1.54) is 4.90 Å². The van der Waals surface area contributed by atoms with E-state index in [2.05, 4.69) is 26.3 Å². The maximum atomic E-state index is 12.9. The molecule has 1 aromatic carbocycles. The fraction of sp³-hybridized carbons (Fsp3) is 0.450. The smallest absolute Gasteiger partial charge is 0.420 e. The molecule has 4 rings (SSSR count). The quantitative estimate of drug-likeness (QED) is 0.634. The number of piperazine rings is 1. The monoisotopic (exact) mass is 455 g/mol. The lowest BCUT2D eigenvalue weighted by Gasteiger charge is -2.39. The van der Waals surface area contributed by atoms with Crippen LogP contribution in [-0.2, 0) is 6.18 Å². The summed E-state index contributed by atoms with van der Waals surface area (Å²) in [6.45, 7) is 3.48. The molecule has 31 heavy (non-hydrogen) atoms. The molecule has 1 aliphatic heterocycles. The van der Waals surface area contributed by atoms with Gasteiger partial charge in [-0.15, -0.1) is 0 Å². The summed E-state index contributed by atoms with van der Waals surface area (Å²) in [5, 5.41) is 11.6. The Bertz CT molecular complexity index is 999. The first kappa shape index (κ1) is 21.5. The van der Waals surface area contributed by atoms with Crippen molar-refractivity contribution in [3.05, 3.63) is 40.7 Å². The maximum Gasteiger partial charge on any atom is 0.420 e. The van der Waals surface area contributed by atoms with Crippen LogP contribution in [0.3, 0.4) is 0 Å². The van der Waals surface area contributed by atoms with Crippen LogP contribution in [0.25, 0.3) is 0 Å². The standard InChI is InChI=1S/C20H21ClF3N5O2/c1-11-10-28(6-7-29(11)19(30)31)13-4-5-16(14(8-13)12-2-3-12)26-18-25-9-15(17(21)27-18)20(22,23)24/h4-5,8-9,11-12H,2-3,6-7,10H2,1H3,(H,30,31)(H,25,26,27)/t11-/m0/s1. The van der Waals surface area contributed by atoms with Crippen molar-refractivity contribution < 1.29 is 23.1 Å². The number of carbonyl (C=O) groups is 1. The molecule has 1 atom stereocenters. The van der Waals surface area contributed by atoms with Crippen LogP contribution in [-0.4, -0.2) is 51.7 Å². The third kappa shape index (κ3) is 4.63. The molecule has 2 heterocycles. The minimum atomic E-state index is -4.61. The highest BCUT2D eigenvalue weighted by Crippen LogP contribution is 2.45. The summed E-state index contributed by atoms with van der Waals surface area (Å²) in [6.07, 6.45) is -2.81. The van der Waals surface area contributed by atoms with Gasteiger partial charge in [-0.2, -0.15) is 13.2 Å². The van der Waals surface area contributed by atoms with Crippen LogP contribution in [0.4, 0.5) is 35.3 Å². The SMILES string of the molecule is C[C@H]1CN(c2ccc(Nc3ncc(C(F)(F)F)c(Cl)n3)c(C3CC3)c2)CCN1C(=O)O. The minimum Gasteiger partial charge on any atom is -0.465 e. The van der Waals surface area contributed by atoms with Gasteiger partial charge in [0.05, 0.1) is 0 Å². The summed E-state index contributed by atoms with van der Waals surface area (Å²) < 4.78 is 38.6. The van der Waals surface area contributed by atoms with Crippen LogP contribution in [0, 0.1) is 0 Å². The molecule has 11 heteroatoms. The first-order chi connectivity index (χ1) is 14.6. The van der Waals surface area contributed by atoms with Crippen LogP contribution in [0.5, 0.6) is 0 Å². The Labute approximate surface area is 181 Å². The van der Waals surface area contributed by atoms with Crippen LogP contribution in [0.1, 0.15) is 36.8 Å². The second-order valence-corrected chi connectivity index (χ2v) is 8.20. The predicted octanol–water partition coefficient (Wildman–Crippen LogP) is 4.96. The lowest BCUT2D eigenvalue weighted by atomic mass is 10.1. The number of aromatic nitrogens is 2. The summed E-state index contributed by atoms with van der Waals surface area (Å²) in [4.78, 5) is 22.4. The third-order valence-corrected chi connectivity index (χ3v) is 5.87. The van der Waals surface area contributed by atoms with Gasteiger partial charge in [-0.1, -0.05) is 11.6 Å². The molecule has 7 nitrogen and oxygen atoms in total. The van der Waals surface area contributed by atoms with Crippen LogP contribution in [0.15, 0.2) is 24.4 Å². The van der Waals surface area contributed by atoms with Crippen molar-refractivity contribution in [2.45, 2.75) is 37.9 Å². The van der Waals surface area contributed by atoms with Gasteiger partial charge < -0.3 is 20.2 Å². The summed E-state index contributed by atoms with van der Waals surface area (Å²) in [5.74, 6) is 0.349. The van der Waals surface area contributed by atoms with E-state index in [4.69, 9.17) is 11.6 Å². The van der Waals surface area contributed by atoms with E-state index in [0.29, 0.717) is 31.7 Å². The van der Waals surface area contributed by atoms with Crippen molar-refractivity contribution >= 4 is 35.0 Å². The van der Waals surface area contributed by atoms with Crippen molar-refractivity contribution in [2.75, 3.05) is 29.9 Å². The van der Waals surface area contributed by atoms with E-state index in [1.54, 1.807) is 0 Å². The number of carboxylic acid groups (broad SMARTS) is 1. The average molecular weight is 456 g/mol. The van der Waals surface area contributed by atoms with E-state index < -0.39 is 23.0 Å². The highest BCUT2D eigenvalue weighted by molar-refractivity contribution is 6.30. The van der Waals surface area contributed by atoms with Gasteiger partial charge in [-0.05, 0) is 49.4 Å². The Morgan fingerprint density at radius 1 is 1.29 bits per heavy atom. The molecule has 0 radical (unpaired) electrons. The van der Waals surface area contributed by atoms with Gasteiger partial charge in [0, 0.05) is 43.2 Å².